The lowest BCUT2D eigenvalue weighted by molar-refractivity contribution is -0.136. The van der Waals surface area contributed by atoms with Gasteiger partial charge in [-0.1, -0.05) is 24.3 Å². The Morgan fingerprint density at radius 2 is 1.91 bits per heavy atom. The first kappa shape index (κ1) is 23.0. The maximum atomic E-state index is 12.9. The van der Waals surface area contributed by atoms with E-state index in [4.69, 9.17) is 14.3 Å². The van der Waals surface area contributed by atoms with Crippen LogP contribution in [0, 0.1) is 0 Å². The molecule has 2 aromatic carbocycles. The fourth-order valence-corrected chi connectivity index (χ4v) is 3.56. The normalized spacial score (nSPS) is 18.1. The van der Waals surface area contributed by atoms with Crippen molar-refractivity contribution in [2.24, 2.45) is 4.99 Å². The van der Waals surface area contributed by atoms with Gasteiger partial charge in [-0.3, -0.25) is 20.0 Å². The molecule has 9 nitrogen and oxygen atoms in total. The molecule has 1 N–H and O–H groups in total. The van der Waals surface area contributed by atoms with Crippen LogP contribution >= 0.6 is 0 Å². The van der Waals surface area contributed by atoms with Crippen LogP contribution in [-0.2, 0) is 9.57 Å². The Morgan fingerprint density at radius 1 is 1.12 bits per heavy atom. The molecular formula is C24H31N5O4. The third-order valence-corrected chi connectivity index (χ3v) is 5.18. The number of aliphatic imine (C=N–C) groups is 1. The molecule has 2 fully saturated rings. The number of morpholine rings is 1. The molecule has 0 aromatic heterocycles. The van der Waals surface area contributed by atoms with Gasteiger partial charge in [-0.05, 0) is 38.1 Å². The molecule has 0 saturated carbocycles. The maximum absolute atomic E-state index is 12.9. The summed E-state index contributed by atoms with van der Waals surface area (Å²) in [5.74, 6) is 1.04. The lowest BCUT2D eigenvalue weighted by Gasteiger charge is -2.26. The van der Waals surface area contributed by atoms with Crippen molar-refractivity contribution in [1.82, 2.24) is 20.4 Å². The van der Waals surface area contributed by atoms with Crippen LogP contribution in [0.15, 0.2) is 59.6 Å². The quantitative estimate of drug-likeness (QED) is 0.658. The van der Waals surface area contributed by atoms with Crippen LogP contribution in [0.1, 0.15) is 24.2 Å². The summed E-state index contributed by atoms with van der Waals surface area (Å²) in [5.41, 5.74) is 4.37. The number of carbonyl (C=O) groups excluding carboxylic acids is 1. The van der Waals surface area contributed by atoms with Crippen LogP contribution in [0.3, 0.4) is 0 Å². The van der Waals surface area contributed by atoms with Crippen LogP contribution in [-0.4, -0.2) is 79.1 Å². The molecule has 4 rings (SSSR count). The molecule has 2 aliphatic heterocycles. The second-order valence-corrected chi connectivity index (χ2v) is 8.12. The largest absolute Gasteiger partial charge is 0.492 e. The van der Waals surface area contributed by atoms with E-state index < -0.39 is 0 Å². The summed E-state index contributed by atoms with van der Waals surface area (Å²) in [7, 11) is 0. The number of nitrogens with zero attached hydrogens (tertiary/aromatic N) is 4. The van der Waals surface area contributed by atoms with E-state index in [1.807, 2.05) is 56.3 Å². The molecule has 0 bridgehead atoms. The van der Waals surface area contributed by atoms with Crippen LogP contribution in [0.5, 0.6) is 5.75 Å². The minimum Gasteiger partial charge on any atom is -0.492 e. The molecule has 2 saturated heterocycles. The standard InChI is InChI=1S/C24H31N5O4/c1-19(2)33-29-18-28(23(30)20-7-4-3-5-8-20)26-24(29)25-21-9-6-10-22(17-21)32-16-13-27-11-14-31-15-12-27/h3-10,17,19H,11-16,18H2,1-2H3,(H,25,26). The van der Waals surface area contributed by atoms with Crippen molar-refractivity contribution in [3.8, 4) is 5.75 Å². The number of hydrogen-bond acceptors (Lipinski definition) is 6. The van der Waals surface area contributed by atoms with Gasteiger partial charge in [-0.25, -0.2) is 10.0 Å². The van der Waals surface area contributed by atoms with Crippen molar-refractivity contribution >= 4 is 17.6 Å². The molecule has 0 atom stereocenters. The minimum absolute atomic E-state index is 0.0707. The smallest absolute Gasteiger partial charge is 0.274 e. The predicted octanol–water partition coefficient (Wildman–Crippen LogP) is 2.65. The van der Waals surface area contributed by atoms with Crippen LogP contribution in [0.4, 0.5) is 5.69 Å². The molecular weight excluding hydrogens is 422 g/mol. The number of amides is 1. The first-order valence-electron chi connectivity index (χ1n) is 11.3. The number of ether oxygens (including phenoxy) is 2. The van der Waals surface area contributed by atoms with Crippen molar-refractivity contribution < 1.29 is 19.1 Å². The molecule has 0 radical (unpaired) electrons. The van der Waals surface area contributed by atoms with Gasteiger partial charge in [0.1, 0.15) is 19.0 Å². The highest BCUT2D eigenvalue weighted by atomic mass is 16.7. The van der Waals surface area contributed by atoms with E-state index in [1.54, 1.807) is 17.2 Å². The van der Waals surface area contributed by atoms with Gasteiger partial charge in [-0.2, -0.15) is 5.06 Å². The summed E-state index contributed by atoms with van der Waals surface area (Å²) in [4.78, 5) is 25.8. The summed E-state index contributed by atoms with van der Waals surface area (Å²) in [5, 5.41) is 3.08. The molecule has 2 heterocycles. The van der Waals surface area contributed by atoms with Crippen molar-refractivity contribution in [1.29, 1.82) is 0 Å². The Balaban J connectivity index is 1.42. The number of hydrogen-bond donors (Lipinski definition) is 1. The van der Waals surface area contributed by atoms with Crippen molar-refractivity contribution in [2.45, 2.75) is 20.0 Å². The van der Waals surface area contributed by atoms with Gasteiger partial charge in [0.15, 0.2) is 0 Å². The van der Waals surface area contributed by atoms with Gasteiger partial charge < -0.3 is 9.47 Å². The number of hydroxylamine groups is 2. The number of carbonyl (C=O) groups is 1. The molecule has 2 aromatic rings. The highest BCUT2D eigenvalue weighted by Gasteiger charge is 2.31. The first-order valence-corrected chi connectivity index (χ1v) is 11.3. The Labute approximate surface area is 194 Å². The number of hydrazine groups is 1. The third-order valence-electron chi connectivity index (χ3n) is 5.18. The molecule has 1 amide bonds. The highest BCUT2D eigenvalue weighted by molar-refractivity contribution is 5.97. The van der Waals surface area contributed by atoms with Gasteiger partial charge in [0, 0.05) is 31.3 Å². The molecule has 0 aliphatic carbocycles. The van der Waals surface area contributed by atoms with Crippen LogP contribution in [0.2, 0.25) is 0 Å². The van der Waals surface area contributed by atoms with Crippen molar-refractivity contribution in [3.63, 3.8) is 0 Å². The van der Waals surface area contributed by atoms with E-state index in [0.717, 1.165) is 38.6 Å². The van der Waals surface area contributed by atoms with Gasteiger partial charge in [0.05, 0.1) is 25.0 Å². The fourth-order valence-electron chi connectivity index (χ4n) is 3.56. The Hall–Kier alpha value is -3.14. The van der Waals surface area contributed by atoms with Crippen LogP contribution < -0.4 is 10.2 Å². The number of guanidine groups is 1. The third kappa shape index (κ3) is 6.44. The molecule has 33 heavy (non-hydrogen) atoms. The van der Waals surface area contributed by atoms with Gasteiger partial charge in [0.2, 0.25) is 5.96 Å². The summed E-state index contributed by atoms with van der Waals surface area (Å²) in [6.07, 6.45) is -0.0707. The van der Waals surface area contributed by atoms with Crippen LogP contribution in [0.25, 0.3) is 0 Å². The zero-order valence-electron chi connectivity index (χ0n) is 19.1. The highest BCUT2D eigenvalue weighted by Crippen LogP contribution is 2.22. The van der Waals surface area contributed by atoms with Gasteiger partial charge in [0.25, 0.3) is 5.91 Å². The zero-order valence-corrected chi connectivity index (χ0v) is 19.1. The number of benzene rings is 2. The number of nitrogens with one attached hydrogen (secondary N) is 1. The van der Waals surface area contributed by atoms with E-state index in [9.17, 15) is 4.79 Å². The zero-order chi connectivity index (χ0) is 23.0. The molecule has 2 aliphatic rings. The molecule has 176 valence electrons. The average molecular weight is 454 g/mol. The lowest BCUT2D eigenvalue weighted by Crippen LogP contribution is -2.38. The summed E-state index contributed by atoms with van der Waals surface area (Å²) in [6.45, 7) is 8.97. The van der Waals surface area contributed by atoms with E-state index in [0.29, 0.717) is 23.8 Å². The Bertz CT molecular complexity index is 947. The summed E-state index contributed by atoms with van der Waals surface area (Å²) in [6, 6.07) is 16.7. The monoisotopic (exact) mass is 453 g/mol. The SMILES string of the molecule is CC(C)ON1CN(C(=O)c2ccccc2)NC1=Nc1cccc(OCCN2CCOCC2)c1. The van der Waals surface area contributed by atoms with E-state index in [-0.39, 0.29) is 18.7 Å². The van der Waals surface area contributed by atoms with Gasteiger partial charge in [-0.15, -0.1) is 0 Å². The van der Waals surface area contributed by atoms with E-state index in [1.165, 1.54) is 5.01 Å². The molecule has 0 spiro atoms. The lowest BCUT2D eigenvalue weighted by atomic mass is 10.2. The average Bonchev–Trinajstić information content (AvgIpc) is 3.21. The topological polar surface area (TPSA) is 78.9 Å². The first-order chi connectivity index (χ1) is 16.1. The molecule has 0 unspecified atom stereocenters. The minimum atomic E-state index is -0.154. The maximum Gasteiger partial charge on any atom is 0.274 e. The number of rotatable bonds is 8. The van der Waals surface area contributed by atoms with E-state index >= 15 is 0 Å². The Morgan fingerprint density at radius 3 is 2.67 bits per heavy atom. The van der Waals surface area contributed by atoms with Crippen molar-refractivity contribution in [2.75, 3.05) is 46.1 Å². The second kappa shape index (κ2) is 11.1. The summed E-state index contributed by atoms with van der Waals surface area (Å²) < 4.78 is 11.3. The molecule has 9 heteroatoms. The summed E-state index contributed by atoms with van der Waals surface area (Å²) >= 11 is 0. The Kier molecular flexibility index (Phi) is 7.77. The second-order valence-electron chi connectivity index (χ2n) is 8.12. The van der Waals surface area contributed by atoms with Gasteiger partial charge >= 0.3 is 0 Å². The predicted molar refractivity (Wildman–Crippen MR) is 125 cm³/mol. The van der Waals surface area contributed by atoms with E-state index in [2.05, 4.69) is 15.3 Å². The van der Waals surface area contributed by atoms with Crippen molar-refractivity contribution in [3.05, 3.63) is 60.2 Å². The fraction of sp³-hybridized carbons (Fsp3) is 0.417.